The van der Waals surface area contributed by atoms with Gasteiger partial charge in [0.25, 0.3) is 0 Å². The van der Waals surface area contributed by atoms with Crippen LogP contribution in [0.5, 0.6) is 5.75 Å². The highest BCUT2D eigenvalue weighted by Crippen LogP contribution is 2.40. The molecule has 1 atom stereocenters. The fraction of sp³-hybridized carbons (Fsp3) is 0.167. The molecule has 0 saturated heterocycles. The number of benzene rings is 2. The maximum Gasteiger partial charge on any atom is 0.207 e. The van der Waals surface area contributed by atoms with Crippen LogP contribution in [-0.2, 0) is 0 Å². The molecule has 4 nitrogen and oxygen atoms in total. The normalized spacial score (nSPS) is 16.0. The Kier molecular flexibility index (Phi) is 5.11. The van der Waals surface area contributed by atoms with E-state index < -0.39 is 0 Å². The Bertz CT molecular complexity index is 1160. The number of rotatable bonds is 5. The van der Waals surface area contributed by atoms with Crippen molar-refractivity contribution in [3.8, 4) is 17.0 Å². The van der Waals surface area contributed by atoms with Crippen molar-refractivity contribution < 1.29 is 4.74 Å². The Morgan fingerprint density at radius 1 is 0.967 bits per heavy atom. The minimum atomic E-state index is 0.166. The van der Waals surface area contributed by atoms with Crippen molar-refractivity contribution in [2.75, 3.05) is 12.1 Å². The van der Waals surface area contributed by atoms with Gasteiger partial charge in [0.05, 0.1) is 24.6 Å². The first kappa shape index (κ1) is 19.0. The standard InChI is InChI=1S/C24H21N3OS2/c1-16-5-7-18(8-6-16)21-15-30-24(25-21)27-22(23-4-3-13-29-23)14-20(26-27)17-9-11-19(28-2)12-10-17/h3-13,15,22H,14H2,1-2H3/t22-/m0/s1. The number of anilines is 1. The van der Waals surface area contributed by atoms with E-state index in [4.69, 9.17) is 14.8 Å². The summed E-state index contributed by atoms with van der Waals surface area (Å²) in [5, 5.41) is 12.3. The first-order valence-corrected chi connectivity index (χ1v) is 11.5. The first-order chi connectivity index (χ1) is 14.7. The largest absolute Gasteiger partial charge is 0.497 e. The number of hydrogen-bond donors (Lipinski definition) is 0. The molecule has 0 fully saturated rings. The van der Waals surface area contributed by atoms with E-state index in [1.807, 2.05) is 12.1 Å². The molecular formula is C24H21N3OS2. The van der Waals surface area contributed by atoms with Crippen LogP contribution in [0.2, 0.25) is 0 Å². The Hall–Kier alpha value is -2.96. The predicted molar refractivity (Wildman–Crippen MR) is 126 cm³/mol. The van der Waals surface area contributed by atoms with E-state index in [0.717, 1.165) is 39.8 Å². The SMILES string of the molecule is COc1ccc(C2=NN(c3nc(-c4ccc(C)cc4)cs3)[C@H](c3cccs3)C2)cc1. The molecule has 0 saturated carbocycles. The Labute approximate surface area is 184 Å². The van der Waals surface area contributed by atoms with Crippen LogP contribution in [-0.4, -0.2) is 17.8 Å². The van der Waals surface area contributed by atoms with Crippen molar-refractivity contribution in [1.82, 2.24) is 4.98 Å². The quantitative estimate of drug-likeness (QED) is 0.360. The topological polar surface area (TPSA) is 37.7 Å². The molecule has 0 spiro atoms. The monoisotopic (exact) mass is 431 g/mol. The van der Waals surface area contributed by atoms with Crippen molar-refractivity contribution in [3.63, 3.8) is 0 Å². The summed E-state index contributed by atoms with van der Waals surface area (Å²) in [6.07, 6.45) is 0.853. The number of ether oxygens (including phenoxy) is 1. The second-order valence-electron chi connectivity index (χ2n) is 7.24. The van der Waals surface area contributed by atoms with Crippen LogP contribution < -0.4 is 9.75 Å². The maximum atomic E-state index is 5.30. The number of thiophene rings is 1. The van der Waals surface area contributed by atoms with E-state index in [1.54, 1.807) is 29.8 Å². The summed E-state index contributed by atoms with van der Waals surface area (Å²) in [7, 11) is 1.69. The van der Waals surface area contributed by atoms with Gasteiger partial charge in [0, 0.05) is 22.2 Å². The molecule has 5 rings (SSSR count). The number of hydrazone groups is 1. The molecule has 0 unspecified atom stereocenters. The van der Waals surface area contributed by atoms with E-state index in [1.165, 1.54) is 10.4 Å². The van der Waals surface area contributed by atoms with Crippen LogP contribution in [0.1, 0.15) is 28.5 Å². The predicted octanol–water partition coefficient (Wildman–Crippen LogP) is 6.54. The summed E-state index contributed by atoms with van der Waals surface area (Å²) in [4.78, 5) is 6.23. The third-order valence-corrected chi connectivity index (χ3v) is 7.04. The number of aryl methyl sites for hydroxylation is 1. The van der Waals surface area contributed by atoms with Gasteiger partial charge in [-0.05, 0) is 48.2 Å². The summed E-state index contributed by atoms with van der Waals surface area (Å²) < 4.78 is 5.30. The lowest BCUT2D eigenvalue weighted by atomic mass is 10.0. The summed E-state index contributed by atoms with van der Waals surface area (Å²) in [5.74, 6) is 0.853. The third kappa shape index (κ3) is 3.64. The highest BCUT2D eigenvalue weighted by atomic mass is 32.1. The molecule has 1 aliphatic rings. The molecule has 6 heteroatoms. The van der Waals surface area contributed by atoms with Crippen molar-refractivity contribution in [2.45, 2.75) is 19.4 Å². The molecule has 0 aliphatic carbocycles. The smallest absolute Gasteiger partial charge is 0.207 e. The van der Waals surface area contributed by atoms with E-state index >= 15 is 0 Å². The lowest BCUT2D eigenvalue weighted by Crippen LogP contribution is -2.17. The second kappa shape index (κ2) is 8.05. The van der Waals surface area contributed by atoms with Gasteiger partial charge in [-0.3, -0.25) is 0 Å². The van der Waals surface area contributed by atoms with Gasteiger partial charge in [0.1, 0.15) is 5.75 Å². The summed E-state index contributed by atoms with van der Waals surface area (Å²) in [6.45, 7) is 2.10. The van der Waals surface area contributed by atoms with E-state index in [0.29, 0.717) is 0 Å². The number of nitrogens with zero attached hydrogens (tertiary/aromatic N) is 3. The molecule has 1 aliphatic heterocycles. The molecule has 0 bridgehead atoms. The highest BCUT2D eigenvalue weighted by Gasteiger charge is 2.32. The molecule has 30 heavy (non-hydrogen) atoms. The molecular weight excluding hydrogens is 410 g/mol. The molecule has 2 aromatic carbocycles. The van der Waals surface area contributed by atoms with E-state index in [9.17, 15) is 0 Å². The van der Waals surface area contributed by atoms with Crippen LogP contribution in [0, 0.1) is 6.92 Å². The Morgan fingerprint density at radius 2 is 1.73 bits per heavy atom. The molecule has 3 heterocycles. The van der Waals surface area contributed by atoms with Gasteiger partial charge in [-0.1, -0.05) is 35.9 Å². The average Bonchev–Trinajstić information content (AvgIpc) is 3.54. The van der Waals surface area contributed by atoms with Gasteiger partial charge in [-0.2, -0.15) is 5.10 Å². The number of aromatic nitrogens is 1. The van der Waals surface area contributed by atoms with Crippen LogP contribution in [0.4, 0.5) is 5.13 Å². The minimum Gasteiger partial charge on any atom is -0.497 e. The number of hydrogen-bond acceptors (Lipinski definition) is 6. The Balaban J connectivity index is 1.50. The zero-order chi connectivity index (χ0) is 20.5. The van der Waals surface area contributed by atoms with E-state index in [-0.39, 0.29) is 6.04 Å². The Morgan fingerprint density at radius 3 is 2.43 bits per heavy atom. The van der Waals surface area contributed by atoms with Crippen molar-refractivity contribution in [1.29, 1.82) is 0 Å². The molecule has 4 aromatic rings. The van der Waals surface area contributed by atoms with Gasteiger partial charge >= 0.3 is 0 Å². The number of methoxy groups -OCH3 is 1. The lowest BCUT2D eigenvalue weighted by molar-refractivity contribution is 0.415. The molecule has 2 aromatic heterocycles. The fourth-order valence-electron chi connectivity index (χ4n) is 3.57. The molecule has 150 valence electrons. The van der Waals surface area contributed by atoms with Gasteiger partial charge in [0.15, 0.2) is 0 Å². The van der Waals surface area contributed by atoms with Gasteiger partial charge in [-0.25, -0.2) is 9.99 Å². The summed E-state index contributed by atoms with van der Waals surface area (Å²) >= 11 is 3.41. The van der Waals surface area contributed by atoms with Gasteiger partial charge in [0.2, 0.25) is 5.13 Å². The van der Waals surface area contributed by atoms with Crippen LogP contribution in [0.25, 0.3) is 11.3 Å². The molecule has 0 radical (unpaired) electrons. The molecule has 0 N–H and O–H groups in total. The second-order valence-corrected chi connectivity index (χ2v) is 9.05. The minimum absolute atomic E-state index is 0.166. The number of thiazole rings is 1. The first-order valence-electron chi connectivity index (χ1n) is 9.78. The summed E-state index contributed by atoms with van der Waals surface area (Å²) in [5.41, 5.74) is 5.57. The van der Waals surface area contributed by atoms with Gasteiger partial charge in [-0.15, -0.1) is 22.7 Å². The van der Waals surface area contributed by atoms with Crippen molar-refractivity contribution in [3.05, 3.63) is 87.4 Å². The zero-order valence-corrected chi connectivity index (χ0v) is 18.4. The van der Waals surface area contributed by atoms with Crippen LogP contribution >= 0.6 is 22.7 Å². The average molecular weight is 432 g/mol. The zero-order valence-electron chi connectivity index (χ0n) is 16.8. The van der Waals surface area contributed by atoms with E-state index in [2.05, 4.69) is 71.2 Å². The van der Waals surface area contributed by atoms with Crippen molar-refractivity contribution in [2.24, 2.45) is 5.10 Å². The van der Waals surface area contributed by atoms with Gasteiger partial charge < -0.3 is 4.74 Å². The maximum absolute atomic E-state index is 5.30. The lowest BCUT2D eigenvalue weighted by Gasteiger charge is -2.19. The van der Waals surface area contributed by atoms with Crippen LogP contribution in [0.3, 0.4) is 0 Å². The third-order valence-electron chi connectivity index (χ3n) is 5.24. The highest BCUT2D eigenvalue weighted by molar-refractivity contribution is 7.14. The van der Waals surface area contributed by atoms with Crippen molar-refractivity contribution >= 4 is 33.5 Å². The summed E-state index contributed by atoms with van der Waals surface area (Å²) in [6, 6.07) is 21.1. The molecule has 0 amide bonds. The fourth-order valence-corrected chi connectivity index (χ4v) is 5.22. The van der Waals surface area contributed by atoms with Crippen LogP contribution in [0.15, 0.2) is 76.5 Å².